The largest absolute Gasteiger partial charge is 0.480 e. The lowest BCUT2D eigenvalue weighted by Crippen LogP contribution is -2.42. The van der Waals surface area contributed by atoms with Crippen molar-refractivity contribution in [3.63, 3.8) is 0 Å². The fourth-order valence-electron chi connectivity index (χ4n) is 1.77. The van der Waals surface area contributed by atoms with Crippen LogP contribution in [0, 0.1) is 0 Å². The van der Waals surface area contributed by atoms with E-state index in [1.54, 1.807) is 0 Å². The first kappa shape index (κ1) is 9.61. The van der Waals surface area contributed by atoms with Gasteiger partial charge in [0.05, 0.1) is 11.7 Å². The second-order valence-corrected chi connectivity index (χ2v) is 4.13. The first-order valence-corrected chi connectivity index (χ1v) is 5.50. The van der Waals surface area contributed by atoms with Gasteiger partial charge in [-0.05, 0) is 36.9 Å². The molecule has 5 heteroatoms. The van der Waals surface area contributed by atoms with Crippen molar-refractivity contribution in [2.24, 2.45) is 0 Å². The van der Waals surface area contributed by atoms with E-state index in [0.29, 0.717) is 0 Å². The van der Waals surface area contributed by atoms with Gasteiger partial charge < -0.3 is 5.11 Å². The number of carboxylic acids is 1. The minimum Gasteiger partial charge on any atom is -0.480 e. The highest BCUT2D eigenvalue weighted by molar-refractivity contribution is 7.03. The Morgan fingerprint density at radius 3 is 3.14 bits per heavy atom. The summed E-state index contributed by atoms with van der Waals surface area (Å²) < 4.78 is 4.22. The van der Waals surface area contributed by atoms with Gasteiger partial charge in [0.2, 0.25) is 0 Å². The van der Waals surface area contributed by atoms with E-state index in [1.165, 1.54) is 11.5 Å². The summed E-state index contributed by atoms with van der Waals surface area (Å²) >= 11 is 1.41. The van der Waals surface area contributed by atoms with E-state index in [4.69, 9.17) is 5.11 Å². The third-order valence-corrected chi connectivity index (χ3v) is 3.07. The van der Waals surface area contributed by atoms with Gasteiger partial charge in [-0.1, -0.05) is 0 Å². The molecule has 0 aliphatic carbocycles. The smallest absolute Gasteiger partial charge is 0.320 e. The maximum absolute atomic E-state index is 10.8. The molecule has 0 aromatic carbocycles. The molecule has 1 aliphatic heterocycles. The number of aliphatic carboxylic acids is 1. The van der Waals surface area contributed by atoms with Crippen LogP contribution in [-0.4, -0.2) is 21.5 Å². The molecule has 0 saturated carbocycles. The third-order valence-electron chi connectivity index (χ3n) is 2.50. The highest BCUT2D eigenvalue weighted by Crippen LogP contribution is 2.24. The highest BCUT2D eigenvalue weighted by atomic mass is 32.1. The van der Waals surface area contributed by atoms with Gasteiger partial charge in [-0.25, -0.2) is 0 Å². The molecular weight excluding hydrogens is 200 g/mol. The summed E-state index contributed by atoms with van der Waals surface area (Å²) in [4.78, 5) is 10.8. The van der Waals surface area contributed by atoms with Gasteiger partial charge in [0.15, 0.2) is 0 Å². The van der Waals surface area contributed by atoms with Crippen molar-refractivity contribution in [3.8, 4) is 0 Å². The van der Waals surface area contributed by atoms with E-state index in [1.807, 2.05) is 11.4 Å². The molecule has 2 N–H and O–H groups in total. The molecule has 1 fully saturated rings. The molecule has 76 valence electrons. The van der Waals surface area contributed by atoms with Gasteiger partial charge >= 0.3 is 5.97 Å². The molecule has 2 unspecified atom stereocenters. The molecule has 2 atom stereocenters. The van der Waals surface area contributed by atoms with Crippen LogP contribution in [0.2, 0.25) is 0 Å². The Morgan fingerprint density at radius 1 is 1.64 bits per heavy atom. The summed E-state index contributed by atoms with van der Waals surface area (Å²) in [5, 5.41) is 13.9. The number of hydrogen-bond donors (Lipinski definition) is 2. The number of rotatable bonds is 2. The van der Waals surface area contributed by atoms with Crippen LogP contribution in [0.4, 0.5) is 0 Å². The lowest BCUT2D eigenvalue weighted by molar-refractivity contribution is -0.140. The lowest BCUT2D eigenvalue weighted by Gasteiger charge is -2.27. The lowest BCUT2D eigenvalue weighted by atomic mass is 9.97. The maximum Gasteiger partial charge on any atom is 0.320 e. The normalized spacial score (nSPS) is 27.4. The second kappa shape index (κ2) is 4.06. The minimum atomic E-state index is -0.759. The molecule has 0 bridgehead atoms. The number of piperidine rings is 1. The summed E-state index contributed by atoms with van der Waals surface area (Å²) in [5.41, 5.74) is 0.973. The van der Waals surface area contributed by atoms with Crippen LogP contribution in [-0.2, 0) is 4.79 Å². The van der Waals surface area contributed by atoms with Crippen LogP contribution < -0.4 is 5.32 Å². The Bertz CT molecular complexity index is 313. The Labute approximate surface area is 86.1 Å². The van der Waals surface area contributed by atoms with Gasteiger partial charge in [-0.15, -0.1) is 0 Å². The number of aromatic nitrogens is 1. The second-order valence-electron chi connectivity index (χ2n) is 3.47. The summed E-state index contributed by atoms with van der Waals surface area (Å²) in [6, 6.07) is 1.67. The summed E-state index contributed by atoms with van der Waals surface area (Å²) in [5.74, 6) is -0.759. The van der Waals surface area contributed by atoms with Crippen molar-refractivity contribution >= 4 is 17.5 Å². The average molecular weight is 212 g/mol. The summed E-state index contributed by atoms with van der Waals surface area (Å²) in [6.45, 7) is 0. The molecule has 1 aromatic rings. The average Bonchev–Trinajstić information content (AvgIpc) is 2.71. The Kier molecular flexibility index (Phi) is 2.79. The van der Waals surface area contributed by atoms with Crippen LogP contribution in [0.25, 0.3) is 0 Å². The van der Waals surface area contributed by atoms with Crippen molar-refractivity contribution in [1.82, 2.24) is 9.69 Å². The molecular formula is C9H12N2O2S. The van der Waals surface area contributed by atoms with E-state index in [0.717, 1.165) is 25.0 Å². The summed E-state index contributed by atoms with van der Waals surface area (Å²) in [6.07, 6.45) is 2.65. The van der Waals surface area contributed by atoms with Crippen molar-refractivity contribution in [3.05, 3.63) is 17.1 Å². The molecule has 1 saturated heterocycles. The Hall–Kier alpha value is -0.940. The number of carbonyl (C=O) groups is 1. The zero-order valence-electron chi connectivity index (χ0n) is 7.64. The number of nitrogens with one attached hydrogen (secondary N) is 1. The highest BCUT2D eigenvalue weighted by Gasteiger charge is 2.27. The first-order chi connectivity index (χ1) is 6.77. The predicted molar refractivity (Wildman–Crippen MR) is 53.3 cm³/mol. The van der Waals surface area contributed by atoms with E-state index in [9.17, 15) is 4.79 Å². The van der Waals surface area contributed by atoms with Gasteiger partial charge in [0.1, 0.15) is 6.04 Å². The van der Waals surface area contributed by atoms with Crippen molar-refractivity contribution in [2.45, 2.75) is 31.3 Å². The monoisotopic (exact) mass is 212 g/mol. The van der Waals surface area contributed by atoms with E-state index in [2.05, 4.69) is 9.69 Å². The fraction of sp³-hybridized carbons (Fsp3) is 0.556. The number of nitrogens with zero attached hydrogens (tertiary/aromatic N) is 1. The van der Waals surface area contributed by atoms with E-state index in [-0.39, 0.29) is 6.04 Å². The fourth-order valence-corrected chi connectivity index (χ4v) is 2.34. The SMILES string of the molecule is O=C(O)C1CCCC(c2ccsn2)N1. The summed E-state index contributed by atoms with van der Waals surface area (Å²) in [7, 11) is 0. The van der Waals surface area contributed by atoms with Gasteiger partial charge in [-0.2, -0.15) is 4.37 Å². The Balaban J connectivity index is 2.04. The molecule has 1 aromatic heterocycles. The standard InChI is InChI=1S/C9H12N2O2S/c12-9(13)8-3-1-2-6(10-8)7-4-5-14-11-7/h4-6,8,10H,1-3H2,(H,12,13). The number of hydrogen-bond acceptors (Lipinski definition) is 4. The zero-order valence-corrected chi connectivity index (χ0v) is 8.46. The van der Waals surface area contributed by atoms with Crippen LogP contribution in [0.1, 0.15) is 31.0 Å². The predicted octanol–water partition coefficient (Wildman–Crippen LogP) is 1.41. The van der Waals surface area contributed by atoms with E-state index < -0.39 is 12.0 Å². The van der Waals surface area contributed by atoms with Crippen LogP contribution in [0.3, 0.4) is 0 Å². The van der Waals surface area contributed by atoms with E-state index >= 15 is 0 Å². The molecule has 2 heterocycles. The van der Waals surface area contributed by atoms with Crippen molar-refractivity contribution in [1.29, 1.82) is 0 Å². The zero-order chi connectivity index (χ0) is 9.97. The molecule has 0 radical (unpaired) electrons. The maximum atomic E-state index is 10.8. The Morgan fingerprint density at radius 2 is 2.50 bits per heavy atom. The molecule has 0 spiro atoms. The third kappa shape index (κ3) is 1.93. The van der Waals surface area contributed by atoms with Gasteiger partial charge in [0, 0.05) is 5.38 Å². The van der Waals surface area contributed by atoms with Crippen molar-refractivity contribution in [2.75, 3.05) is 0 Å². The first-order valence-electron chi connectivity index (χ1n) is 4.66. The minimum absolute atomic E-state index is 0.121. The molecule has 4 nitrogen and oxygen atoms in total. The van der Waals surface area contributed by atoms with Gasteiger partial charge in [0.25, 0.3) is 0 Å². The topological polar surface area (TPSA) is 62.2 Å². The molecule has 1 aliphatic rings. The quantitative estimate of drug-likeness (QED) is 0.778. The molecule has 14 heavy (non-hydrogen) atoms. The van der Waals surface area contributed by atoms with Gasteiger partial charge in [-0.3, -0.25) is 10.1 Å². The van der Waals surface area contributed by atoms with Crippen LogP contribution in [0.15, 0.2) is 11.4 Å². The molecule has 2 rings (SSSR count). The van der Waals surface area contributed by atoms with Crippen molar-refractivity contribution < 1.29 is 9.90 Å². The van der Waals surface area contributed by atoms with Crippen LogP contribution in [0.5, 0.6) is 0 Å². The van der Waals surface area contributed by atoms with Crippen LogP contribution >= 0.6 is 11.5 Å². The molecule has 0 amide bonds. The number of carboxylic acid groups (broad SMARTS) is 1.